The molecule has 0 saturated heterocycles. The number of nitrogens with zero attached hydrogens (tertiary/aromatic N) is 2. The van der Waals surface area contributed by atoms with Gasteiger partial charge in [-0.25, -0.2) is 0 Å². The Kier molecular flexibility index (Phi) is 18.1. The molecule has 0 fully saturated rings. The second kappa shape index (κ2) is 21.9. The quantitative estimate of drug-likeness (QED) is 0.122. The zero-order valence-electron chi connectivity index (χ0n) is 38.1. The highest BCUT2D eigenvalue weighted by atomic mass is 15.2. The van der Waals surface area contributed by atoms with Gasteiger partial charge in [0.05, 0.1) is 5.41 Å². The van der Waals surface area contributed by atoms with Crippen molar-refractivity contribution in [3.63, 3.8) is 0 Å². The monoisotopic (exact) mass is 754 g/mol. The van der Waals surface area contributed by atoms with Crippen LogP contribution in [0.15, 0.2) is 120 Å². The van der Waals surface area contributed by atoms with Crippen molar-refractivity contribution < 1.29 is 4.58 Å². The van der Waals surface area contributed by atoms with E-state index in [1.54, 1.807) is 0 Å². The molecule has 2 nitrogen and oxygen atoms in total. The van der Waals surface area contributed by atoms with Gasteiger partial charge in [0.25, 0.3) is 0 Å². The van der Waals surface area contributed by atoms with Gasteiger partial charge in [-0.1, -0.05) is 175 Å². The molecule has 0 atom stereocenters. The second-order valence-corrected chi connectivity index (χ2v) is 15.3. The Balaban J connectivity index is 0.000000989. The summed E-state index contributed by atoms with van der Waals surface area (Å²) in [4.78, 5) is 2.65. The van der Waals surface area contributed by atoms with Gasteiger partial charge >= 0.3 is 0 Å². The van der Waals surface area contributed by atoms with E-state index < -0.39 is 0 Å². The van der Waals surface area contributed by atoms with Crippen LogP contribution >= 0.6 is 0 Å². The standard InChI is InChI=1S/C46H53N2.4C2H6/c1-7-8-9-10-15-31-48-40-28-26-36-20-12-14-22-38(36)44(40)46(4,5)42(48)30-24-34-18-16-17-33(32-34)23-29-41-45(2,3)43-37-21-13-11-19-35(37)25-27-39(43)47(41)6;4*1-2/h11-14,19-30,32H,7-10,15-18,31H2,1-6H3;4*1-2H3/q+1;;;;. The SMILES string of the molecule is CC.CC.CC.CC.CCCCCCCN1/C(=C/C=C2C=C(/C=C/C3=[N+](C)c4ccc5ccccc5c4C3(C)C)CCC/2)C(C)(C)c2c1ccc1ccccc21. The Labute approximate surface area is 343 Å². The number of fused-ring (bicyclic) bond motifs is 6. The summed E-state index contributed by atoms with van der Waals surface area (Å²) in [7, 11) is 2.23. The van der Waals surface area contributed by atoms with Crippen LogP contribution < -0.4 is 4.90 Å². The third-order valence-corrected chi connectivity index (χ3v) is 11.3. The number of rotatable bonds is 9. The molecule has 2 heteroatoms. The highest BCUT2D eigenvalue weighted by molar-refractivity contribution is 6.07. The number of allylic oxidation sites excluding steroid dienone is 8. The van der Waals surface area contributed by atoms with Gasteiger partial charge < -0.3 is 4.90 Å². The fraction of sp³-hybridized carbons (Fsp3) is 0.463. The number of hydrogen-bond acceptors (Lipinski definition) is 1. The predicted octanol–water partition coefficient (Wildman–Crippen LogP) is 16.3. The van der Waals surface area contributed by atoms with Crippen molar-refractivity contribution in [2.75, 3.05) is 18.5 Å². The summed E-state index contributed by atoms with van der Waals surface area (Å²) in [6.45, 7) is 29.0. The van der Waals surface area contributed by atoms with Crippen LogP contribution in [0.5, 0.6) is 0 Å². The average molecular weight is 754 g/mol. The van der Waals surface area contributed by atoms with Crippen molar-refractivity contribution in [2.24, 2.45) is 0 Å². The third kappa shape index (κ3) is 9.67. The molecule has 302 valence electrons. The molecule has 0 radical (unpaired) electrons. The first-order valence-electron chi connectivity index (χ1n) is 22.4. The minimum Gasteiger partial charge on any atom is -0.344 e. The fourth-order valence-corrected chi connectivity index (χ4v) is 8.86. The van der Waals surface area contributed by atoms with Crippen molar-refractivity contribution in [1.29, 1.82) is 0 Å². The molecule has 4 aromatic carbocycles. The number of anilines is 1. The van der Waals surface area contributed by atoms with E-state index in [-0.39, 0.29) is 10.8 Å². The number of benzene rings is 4. The number of unbranched alkanes of at least 4 members (excludes halogenated alkanes) is 4. The molecule has 0 unspecified atom stereocenters. The number of hydrogen-bond donors (Lipinski definition) is 0. The van der Waals surface area contributed by atoms with Crippen LogP contribution in [0.3, 0.4) is 0 Å². The highest BCUT2D eigenvalue weighted by Gasteiger charge is 2.44. The third-order valence-electron chi connectivity index (χ3n) is 11.3. The van der Waals surface area contributed by atoms with E-state index in [0.29, 0.717) is 0 Å². The zero-order chi connectivity index (χ0) is 41.5. The summed E-state index contributed by atoms with van der Waals surface area (Å²) in [5, 5.41) is 5.41. The summed E-state index contributed by atoms with van der Waals surface area (Å²) in [5.41, 5.74) is 11.2. The van der Waals surface area contributed by atoms with Crippen LogP contribution in [-0.4, -0.2) is 23.9 Å². The molecule has 0 spiro atoms. The molecule has 7 rings (SSSR count). The zero-order valence-corrected chi connectivity index (χ0v) is 38.1. The van der Waals surface area contributed by atoms with E-state index in [9.17, 15) is 0 Å². The molecule has 1 aliphatic carbocycles. The smallest absolute Gasteiger partial charge is 0.210 e. The Bertz CT molecular complexity index is 2030. The van der Waals surface area contributed by atoms with E-state index in [1.807, 2.05) is 55.4 Å². The lowest BCUT2D eigenvalue weighted by molar-refractivity contribution is -0.401. The van der Waals surface area contributed by atoms with Crippen LogP contribution in [0.4, 0.5) is 11.4 Å². The maximum Gasteiger partial charge on any atom is 0.210 e. The molecule has 0 amide bonds. The van der Waals surface area contributed by atoms with Crippen molar-refractivity contribution in [2.45, 2.75) is 152 Å². The molecule has 0 saturated carbocycles. The summed E-state index contributed by atoms with van der Waals surface area (Å²) >= 11 is 0. The van der Waals surface area contributed by atoms with Gasteiger partial charge in [0.2, 0.25) is 5.69 Å². The molecule has 0 bridgehead atoms. The van der Waals surface area contributed by atoms with Crippen molar-refractivity contribution >= 4 is 38.6 Å². The van der Waals surface area contributed by atoms with Gasteiger partial charge in [-0.05, 0) is 96.0 Å². The molecule has 3 aliphatic rings. The maximum absolute atomic E-state index is 2.65. The first-order valence-corrected chi connectivity index (χ1v) is 22.4. The maximum atomic E-state index is 2.65. The lowest BCUT2D eigenvalue weighted by atomic mass is 9.79. The van der Waals surface area contributed by atoms with Crippen LogP contribution in [0.1, 0.15) is 153 Å². The molecular formula is C54H77N2+. The van der Waals surface area contributed by atoms with Crippen LogP contribution in [0, 0.1) is 0 Å². The summed E-state index contributed by atoms with van der Waals surface area (Å²) < 4.78 is 2.41. The molecule has 0 N–H and O–H groups in total. The van der Waals surface area contributed by atoms with Crippen LogP contribution in [-0.2, 0) is 10.8 Å². The minimum absolute atomic E-state index is 0.0625. The van der Waals surface area contributed by atoms with Crippen LogP contribution in [0.25, 0.3) is 21.5 Å². The first kappa shape index (κ1) is 46.2. The van der Waals surface area contributed by atoms with E-state index in [0.717, 1.165) is 19.4 Å². The van der Waals surface area contributed by atoms with Gasteiger partial charge in [0.15, 0.2) is 5.71 Å². The molecule has 0 aromatic heterocycles. The summed E-state index contributed by atoms with van der Waals surface area (Å²) in [6, 6.07) is 27.0. The van der Waals surface area contributed by atoms with Crippen molar-refractivity contribution in [3.05, 3.63) is 131 Å². The lowest BCUT2D eigenvalue weighted by Crippen LogP contribution is -2.27. The first-order chi connectivity index (χ1) is 27.2. The largest absolute Gasteiger partial charge is 0.344 e. The van der Waals surface area contributed by atoms with E-state index in [4.69, 9.17) is 0 Å². The van der Waals surface area contributed by atoms with Gasteiger partial charge in [0, 0.05) is 41.1 Å². The lowest BCUT2D eigenvalue weighted by Gasteiger charge is -2.27. The average Bonchev–Trinajstić information content (AvgIpc) is 3.59. The van der Waals surface area contributed by atoms with Gasteiger partial charge in [-0.3, -0.25) is 0 Å². The Hall–Kier alpha value is -4.17. The predicted molar refractivity (Wildman–Crippen MR) is 254 cm³/mol. The van der Waals surface area contributed by atoms with Crippen LogP contribution in [0.2, 0.25) is 0 Å². The minimum atomic E-state index is -0.0632. The van der Waals surface area contributed by atoms with Gasteiger partial charge in [0.1, 0.15) is 7.05 Å². The highest BCUT2D eigenvalue weighted by Crippen LogP contribution is 2.51. The fourth-order valence-electron chi connectivity index (χ4n) is 8.86. The molecular weight excluding hydrogens is 677 g/mol. The summed E-state index contributed by atoms with van der Waals surface area (Å²) in [6.07, 6.45) is 22.1. The Morgan fingerprint density at radius 1 is 0.625 bits per heavy atom. The Morgan fingerprint density at radius 2 is 1.21 bits per heavy atom. The molecule has 56 heavy (non-hydrogen) atoms. The normalized spacial score (nSPS) is 17.6. The van der Waals surface area contributed by atoms with E-state index in [1.165, 1.54) is 105 Å². The van der Waals surface area contributed by atoms with Crippen molar-refractivity contribution in [1.82, 2.24) is 0 Å². The van der Waals surface area contributed by atoms with Crippen molar-refractivity contribution in [3.8, 4) is 0 Å². The Morgan fingerprint density at radius 3 is 1.86 bits per heavy atom. The summed E-state index contributed by atoms with van der Waals surface area (Å²) in [5.74, 6) is 0. The van der Waals surface area contributed by atoms with Gasteiger partial charge in [-0.15, -0.1) is 0 Å². The topological polar surface area (TPSA) is 6.25 Å². The second-order valence-electron chi connectivity index (χ2n) is 15.3. The van der Waals surface area contributed by atoms with E-state index >= 15 is 0 Å². The molecule has 2 aliphatic heterocycles. The molecule has 2 heterocycles. The molecule has 4 aromatic rings. The van der Waals surface area contributed by atoms with Gasteiger partial charge in [-0.2, -0.15) is 4.58 Å². The van der Waals surface area contributed by atoms with E-state index in [2.05, 4.69) is 154 Å².